The van der Waals surface area contributed by atoms with Crippen LogP contribution in [0.15, 0.2) is 54.6 Å². The SMILES string of the molecule is CC(=O)c1ccccc1NCC(=O)N(c1ccccc1)C1CCCCC1. The van der Waals surface area contributed by atoms with Gasteiger partial charge in [-0.3, -0.25) is 9.59 Å². The van der Waals surface area contributed by atoms with Crippen LogP contribution in [0.5, 0.6) is 0 Å². The Morgan fingerprint density at radius 3 is 2.31 bits per heavy atom. The number of ketones is 1. The lowest BCUT2D eigenvalue weighted by molar-refractivity contribution is -0.117. The van der Waals surface area contributed by atoms with E-state index in [1.807, 2.05) is 53.4 Å². The molecule has 0 atom stereocenters. The van der Waals surface area contributed by atoms with Gasteiger partial charge >= 0.3 is 0 Å². The van der Waals surface area contributed by atoms with Gasteiger partial charge in [0.25, 0.3) is 0 Å². The molecule has 0 bridgehead atoms. The Balaban J connectivity index is 1.77. The molecule has 2 aromatic carbocycles. The predicted octanol–water partition coefficient (Wildman–Crippen LogP) is 4.67. The van der Waals surface area contributed by atoms with Crippen molar-refractivity contribution in [2.45, 2.75) is 45.1 Å². The fourth-order valence-corrected chi connectivity index (χ4v) is 3.69. The summed E-state index contributed by atoms with van der Waals surface area (Å²) in [4.78, 5) is 26.8. The summed E-state index contributed by atoms with van der Waals surface area (Å²) < 4.78 is 0. The second kappa shape index (κ2) is 8.65. The zero-order valence-corrected chi connectivity index (χ0v) is 15.3. The first-order valence-corrected chi connectivity index (χ1v) is 9.38. The molecule has 0 heterocycles. The van der Waals surface area contributed by atoms with Gasteiger partial charge in [0, 0.05) is 23.0 Å². The second-order valence-corrected chi connectivity index (χ2v) is 6.85. The third-order valence-electron chi connectivity index (χ3n) is 4.98. The molecule has 136 valence electrons. The summed E-state index contributed by atoms with van der Waals surface area (Å²) >= 11 is 0. The number of nitrogens with one attached hydrogen (secondary N) is 1. The average Bonchev–Trinajstić information content (AvgIpc) is 2.68. The van der Waals surface area contributed by atoms with Crippen LogP contribution in [0.1, 0.15) is 49.4 Å². The molecule has 0 unspecified atom stereocenters. The van der Waals surface area contributed by atoms with Crippen molar-refractivity contribution in [3.05, 3.63) is 60.2 Å². The maximum Gasteiger partial charge on any atom is 0.246 e. The number of benzene rings is 2. The van der Waals surface area contributed by atoms with E-state index in [1.54, 1.807) is 13.0 Å². The lowest BCUT2D eigenvalue weighted by Gasteiger charge is -2.34. The minimum atomic E-state index is -0.00672. The van der Waals surface area contributed by atoms with E-state index < -0.39 is 0 Å². The van der Waals surface area contributed by atoms with Gasteiger partial charge in [0.1, 0.15) is 0 Å². The van der Waals surface area contributed by atoms with E-state index in [2.05, 4.69) is 5.32 Å². The van der Waals surface area contributed by atoms with Crippen molar-refractivity contribution >= 4 is 23.1 Å². The Morgan fingerprint density at radius 1 is 0.962 bits per heavy atom. The number of para-hydroxylation sites is 2. The molecule has 1 amide bonds. The largest absolute Gasteiger partial charge is 0.376 e. The second-order valence-electron chi connectivity index (χ2n) is 6.85. The normalized spacial score (nSPS) is 14.7. The summed E-state index contributed by atoms with van der Waals surface area (Å²) in [5.74, 6) is 0.0363. The summed E-state index contributed by atoms with van der Waals surface area (Å²) in [5.41, 5.74) is 2.28. The first-order valence-electron chi connectivity index (χ1n) is 9.38. The van der Waals surface area contributed by atoms with Crippen molar-refractivity contribution < 1.29 is 9.59 Å². The maximum atomic E-state index is 13.1. The van der Waals surface area contributed by atoms with Crippen LogP contribution in [0, 0.1) is 0 Å². The first-order chi connectivity index (χ1) is 12.7. The average molecular weight is 350 g/mol. The lowest BCUT2D eigenvalue weighted by Crippen LogP contribution is -2.44. The van der Waals surface area contributed by atoms with Crippen LogP contribution in [0.3, 0.4) is 0 Å². The van der Waals surface area contributed by atoms with Crippen LogP contribution in [0.4, 0.5) is 11.4 Å². The number of nitrogens with zero attached hydrogens (tertiary/aromatic N) is 1. The minimum Gasteiger partial charge on any atom is -0.376 e. The van der Waals surface area contributed by atoms with Gasteiger partial charge < -0.3 is 10.2 Å². The topological polar surface area (TPSA) is 49.4 Å². The molecule has 4 heteroatoms. The molecular weight excluding hydrogens is 324 g/mol. The highest BCUT2D eigenvalue weighted by atomic mass is 16.2. The van der Waals surface area contributed by atoms with E-state index in [0.717, 1.165) is 18.5 Å². The van der Waals surface area contributed by atoms with Crippen LogP contribution in [-0.2, 0) is 4.79 Å². The molecule has 1 aliphatic rings. The summed E-state index contributed by atoms with van der Waals surface area (Å²) in [6, 6.07) is 17.5. The summed E-state index contributed by atoms with van der Waals surface area (Å²) in [5, 5.41) is 3.17. The van der Waals surface area contributed by atoms with E-state index in [0.29, 0.717) is 11.3 Å². The van der Waals surface area contributed by atoms with Gasteiger partial charge in [0.15, 0.2) is 5.78 Å². The first kappa shape index (κ1) is 18.2. The van der Waals surface area contributed by atoms with Gasteiger partial charge in [0.2, 0.25) is 5.91 Å². The van der Waals surface area contributed by atoms with Gasteiger partial charge in [-0.05, 0) is 44.0 Å². The number of carbonyl (C=O) groups excluding carboxylic acids is 2. The van der Waals surface area contributed by atoms with E-state index in [1.165, 1.54) is 19.3 Å². The van der Waals surface area contributed by atoms with Gasteiger partial charge in [-0.2, -0.15) is 0 Å². The highest BCUT2D eigenvalue weighted by Gasteiger charge is 2.26. The molecule has 0 aromatic heterocycles. The third kappa shape index (κ3) is 4.31. The van der Waals surface area contributed by atoms with E-state index >= 15 is 0 Å². The Morgan fingerprint density at radius 2 is 1.62 bits per heavy atom. The number of amides is 1. The molecule has 4 nitrogen and oxygen atoms in total. The fraction of sp³-hybridized carbons (Fsp3) is 0.364. The van der Waals surface area contributed by atoms with Crippen molar-refractivity contribution in [1.29, 1.82) is 0 Å². The van der Waals surface area contributed by atoms with E-state index in [4.69, 9.17) is 0 Å². The van der Waals surface area contributed by atoms with E-state index in [-0.39, 0.29) is 24.3 Å². The molecule has 1 fully saturated rings. The van der Waals surface area contributed by atoms with Crippen LogP contribution in [-0.4, -0.2) is 24.3 Å². The van der Waals surface area contributed by atoms with Gasteiger partial charge in [0.05, 0.1) is 6.54 Å². The highest BCUT2D eigenvalue weighted by Crippen LogP contribution is 2.27. The number of Topliss-reactive ketones (excluding diaryl/α,β-unsaturated/α-hetero) is 1. The van der Waals surface area contributed by atoms with Crippen LogP contribution in [0.25, 0.3) is 0 Å². The molecule has 1 N–H and O–H groups in total. The maximum absolute atomic E-state index is 13.1. The minimum absolute atomic E-state index is 0.00672. The summed E-state index contributed by atoms with van der Waals surface area (Å²) in [6.07, 6.45) is 5.68. The number of rotatable bonds is 6. The van der Waals surface area contributed by atoms with Crippen molar-refractivity contribution in [3.8, 4) is 0 Å². The number of hydrogen-bond acceptors (Lipinski definition) is 3. The monoisotopic (exact) mass is 350 g/mol. The summed E-state index contributed by atoms with van der Waals surface area (Å²) in [6.45, 7) is 1.72. The molecular formula is C22H26N2O2. The Hall–Kier alpha value is -2.62. The van der Waals surface area contributed by atoms with Crippen molar-refractivity contribution in [2.75, 3.05) is 16.8 Å². The molecule has 0 saturated heterocycles. The quantitative estimate of drug-likeness (QED) is 0.771. The lowest BCUT2D eigenvalue weighted by atomic mass is 9.93. The smallest absolute Gasteiger partial charge is 0.246 e. The molecule has 0 spiro atoms. The predicted molar refractivity (Wildman–Crippen MR) is 106 cm³/mol. The third-order valence-corrected chi connectivity index (χ3v) is 4.98. The van der Waals surface area contributed by atoms with E-state index in [9.17, 15) is 9.59 Å². The van der Waals surface area contributed by atoms with Gasteiger partial charge in [-0.1, -0.05) is 49.6 Å². The van der Waals surface area contributed by atoms with Crippen molar-refractivity contribution in [3.63, 3.8) is 0 Å². The van der Waals surface area contributed by atoms with Gasteiger partial charge in [-0.25, -0.2) is 0 Å². The highest BCUT2D eigenvalue weighted by molar-refractivity contribution is 6.01. The van der Waals surface area contributed by atoms with Crippen molar-refractivity contribution in [2.24, 2.45) is 0 Å². The molecule has 1 aliphatic carbocycles. The molecule has 2 aromatic rings. The number of anilines is 2. The number of carbonyl (C=O) groups is 2. The molecule has 0 radical (unpaired) electrons. The van der Waals surface area contributed by atoms with Crippen LogP contribution >= 0.6 is 0 Å². The zero-order valence-electron chi connectivity index (χ0n) is 15.3. The van der Waals surface area contributed by atoms with Crippen LogP contribution < -0.4 is 10.2 Å². The Bertz CT molecular complexity index is 752. The van der Waals surface area contributed by atoms with Crippen molar-refractivity contribution in [1.82, 2.24) is 0 Å². The zero-order chi connectivity index (χ0) is 18.4. The standard InChI is InChI=1S/C22H26N2O2/c1-17(25)20-14-8-9-15-21(20)23-16-22(26)24(18-10-4-2-5-11-18)19-12-6-3-7-13-19/h2,4-5,8-11,14-15,19,23H,3,6-7,12-13,16H2,1H3. The van der Waals surface area contributed by atoms with Gasteiger partial charge in [-0.15, -0.1) is 0 Å². The fourth-order valence-electron chi connectivity index (χ4n) is 3.69. The number of hydrogen-bond donors (Lipinski definition) is 1. The summed E-state index contributed by atoms with van der Waals surface area (Å²) in [7, 11) is 0. The Labute approximate surface area is 155 Å². The molecule has 1 saturated carbocycles. The molecule has 0 aliphatic heterocycles. The molecule has 26 heavy (non-hydrogen) atoms. The Kier molecular flexibility index (Phi) is 6.05. The molecule has 3 rings (SSSR count). The van der Waals surface area contributed by atoms with Crippen LogP contribution in [0.2, 0.25) is 0 Å².